The van der Waals surface area contributed by atoms with Crippen LogP contribution in [0, 0.1) is 5.92 Å². The zero-order valence-electron chi connectivity index (χ0n) is 14.2. The second-order valence-corrected chi connectivity index (χ2v) is 6.70. The van der Waals surface area contributed by atoms with Crippen molar-refractivity contribution in [2.24, 2.45) is 5.92 Å². The molecule has 4 heteroatoms. The molecule has 0 saturated carbocycles. The highest BCUT2D eigenvalue weighted by atomic mass is 79.9. The molecule has 2 unspecified atom stereocenters. The predicted octanol–water partition coefficient (Wildman–Crippen LogP) is 5.31. The Morgan fingerprint density at radius 2 is 1.95 bits per heavy atom. The van der Waals surface area contributed by atoms with Crippen molar-refractivity contribution >= 4 is 15.9 Å². The molecule has 0 amide bonds. The molecular formula is C17H32BrN3. The van der Waals surface area contributed by atoms with Crippen LogP contribution in [0.1, 0.15) is 78.0 Å². The lowest BCUT2D eigenvalue weighted by Crippen LogP contribution is -2.31. The lowest BCUT2D eigenvalue weighted by molar-refractivity contribution is 0.306. The van der Waals surface area contributed by atoms with E-state index in [0.717, 1.165) is 24.0 Å². The zero-order chi connectivity index (χ0) is 15.7. The number of halogens is 1. The zero-order valence-corrected chi connectivity index (χ0v) is 15.7. The van der Waals surface area contributed by atoms with Crippen LogP contribution in [0.2, 0.25) is 0 Å². The quantitative estimate of drug-likeness (QED) is 0.581. The van der Waals surface area contributed by atoms with Crippen molar-refractivity contribution in [2.75, 3.05) is 6.54 Å². The smallest absolute Gasteiger partial charge is 0.0698 e. The van der Waals surface area contributed by atoms with Gasteiger partial charge in [0.25, 0.3) is 0 Å². The Balaban J connectivity index is 3.01. The van der Waals surface area contributed by atoms with E-state index >= 15 is 0 Å². The van der Waals surface area contributed by atoms with E-state index in [2.05, 4.69) is 58.7 Å². The second-order valence-electron chi connectivity index (χ2n) is 5.84. The topological polar surface area (TPSA) is 29.9 Å². The summed E-state index contributed by atoms with van der Waals surface area (Å²) < 4.78 is 3.34. The van der Waals surface area contributed by atoms with Crippen LogP contribution in [-0.2, 0) is 6.54 Å². The number of unbranched alkanes of at least 4 members (excludes halogenated alkanes) is 1. The first-order valence-corrected chi connectivity index (χ1v) is 9.43. The van der Waals surface area contributed by atoms with Crippen LogP contribution < -0.4 is 5.32 Å². The van der Waals surface area contributed by atoms with Crippen LogP contribution in [0.4, 0.5) is 0 Å². The number of nitrogens with zero attached hydrogens (tertiary/aromatic N) is 2. The molecule has 0 aliphatic rings. The molecule has 0 aliphatic heterocycles. The number of rotatable bonds is 11. The van der Waals surface area contributed by atoms with Crippen LogP contribution in [0.15, 0.2) is 10.7 Å². The van der Waals surface area contributed by atoms with Gasteiger partial charge in [0.1, 0.15) is 0 Å². The minimum Gasteiger partial charge on any atom is -0.308 e. The highest BCUT2D eigenvalue weighted by Crippen LogP contribution is 2.33. The average Bonchev–Trinajstić information content (AvgIpc) is 2.84. The first-order chi connectivity index (χ1) is 10.2. The van der Waals surface area contributed by atoms with E-state index in [0.29, 0.717) is 12.0 Å². The first kappa shape index (κ1) is 18.7. The molecule has 1 rings (SSSR count). The Kier molecular flexibility index (Phi) is 9.25. The van der Waals surface area contributed by atoms with Crippen molar-refractivity contribution in [2.45, 2.75) is 78.8 Å². The van der Waals surface area contributed by atoms with E-state index in [1.807, 2.05) is 6.20 Å². The highest BCUT2D eigenvalue weighted by molar-refractivity contribution is 9.10. The molecule has 2 atom stereocenters. The van der Waals surface area contributed by atoms with E-state index in [4.69, 9.17) is 0 Å². The third-order valence-electron chi connectivity index (χ3n) is 4.10. The summed E-state index contributed by atoms with van der Waals surface area (Å²) in [5.74, 6) is 0.681. The van der Waals surface area contributed by atoms with Crippen LogP contribution in [0.25, 0.3) is 0 Å². The number of aromatic nitrogens is 2. The molecule has 0 spiro atoms. The lowest BCUT2D eigenvalue weighted by atomic mass is 9.89. The molecule has 0 saturated heterocycles. The number of hydrogen-bond donors (Lipinski definition) is 1. The lowest BCUT2D eigenvalue weighted by Gasteiger charge is -2.28. The Hall–Kier alpha value is -0.350. The highest BCUT2D eigenvalue weighted by Gasteiger charge is 2.26. The minimum absolute atomic E-state index is 0.407. The van der Waals surface area contributed by atoms with Gasteiger partial charge in [-0.25, -0.2) is 0 Å². The van der Waals surface area contributed by atoms with E-state index in [1.165, 1.54) is 37.8 Å². The van der Waals surface area contributed by atoms with Gasteiger partial charge in [0.2, 0.25) is 0 Å². The summed E-state index contributed by atoms with van der Waals surface area (Å²) in [6, 6.07) is 0.407. The Bertz CT molecular complexity index is 389. The monoisotopic (exact) mass is 357 g/mol. The van der Waals surface area contributed by atoms with Gasteiger partial charge in [-0.05, 0) is 47.7 Å². The molecule has 0 radical (unpaired) electrons. The molecule has 1 aromatic rings. The number of hydrogen-bond acceptors (Lipinski definition) is 2. The molecule has 0 bridgehead atoms. The fourth-order valence-corrected chi connectivity index (χ4v) is 3.47. The van der Waals surface area contributed by atoms with Gasteiger partial charge in [-0.15, -0.1) is 0 Å². The van der Waals surface area contributed by atoms with Gasteiger partial charge in [0.05, 0.1) is 22.4 Å². The summed E-state index contributed by atoms with van der Waals surface area (Å²) in [4.78, 5) is 0. The molecule has 1 N–H and O–H groups in total. The summed E-state index contributed by atoms with van der Waals surface area (Å²) in [5, 5.41) is 8.34. The Morgan fingerprint density at radius 3 is 2.52 bits per heavy atom. The van der Waals surface area contributed by atoms with E-state index in [-0.39, 0.29) is 0 Å². The molecule has 0 aliphatic carbocycles. The van der Waals surface area contributed by atoms with E-state index < -0.39 is 0 Å². The van der Waals surface area contributed by atoms with Gasteiger partial charge in [-0.1, -0.05) is 47.0 Å². The van der Waals surface area contributed by atoms with E-state index in [9.17, 15) is 0 Å². The summed E-state index contributed by atoms with van der Waals surface area (Å²) in [6.07, 6.45) is 9.32. The largest absolute Gasteiger partial charge is 0.308 e. The van der Waals surface area contributed by atoms with Crippen LogP contribution in [0.3, 0.4) is 0 Å². The van der Waals surface area contributed by atoms with Gasteiger partial charge in [-0.3, -0.25) is 4.68 Å². The predicted molar refractivity (Wildman–Crippen MR) is 94.6 cm³/mol. The van der Waals surface area contributed by atoms with Crippen molar-refractivity contribution < 1.29 is 0 Å². The maximum Gasteiger partial charge on any atom is 0.0698 e. The van der Waals surface area contributed by atoms with Crippen LogP contribution in [-0.4, -0.2) is 16.3 Å². The number of aryl methyl sites for hydroxylation is 1. The van der Waals surface area contributed by atoms with Crippen molar-refractivity contribution in [3.8, 4) is 0 Å². The minimum atomic E-state index is 0.407. The third kappa shape index (κ3) is 5.41. The van der Waals surface area contributed by atoms with Crippen molar-refractivity contribution in [3.05, 3.63) is 16.4 Å². The van der Waals surface area contributed by atoms with Gasteiger partial charge in [0.15, 0.2) is 0 Å². The first-order valence-electron chi connectivity index (χ1n) is 8.63. The maximum atomic E-state index is 4.56. The fourth-order valence-electron chi connectivity index (χ4n) is 2.93. The van der Waals surface area contributed by atoms with Crippen LogP contribution >= 0.6 is 15.9 Å². The van der Waals surface area contributed by atoms with Gasteiger partial charge in [0, 0.05) is 6.54 Å². The van der Waals surface area contributed by atoms with Crippen molar-refractivity contribution in [1.82, 2.24) is 15.1 Å². The molecule has 1 heterocycles. The Morgan fingerprint density at radius 1 is 1.19 bits per heavy atom. The maximum absolute atomic E-state index is 4.56. The van der Waals surface area contributed by atoms with Gasteiger partial charge in [-0.2, -0.15) is 5.10 Å². The summed E-state index contributed by atoms with van der Waals surface area (Å²) in [6.45, 7) is 11.1. The van der Waals surface area contributed by atoms with Crippen molar-refractivity contribution in [3.63, 3.8) is 0 Å². The molecule has 21 heavy (non-hydrogen) atoms. The second kappa shape index (κ2) is 10.4. The van der Waals surface area contributed by atoms with Gasteiger partial charge >= 0.3 is 0 Å². The normalized spacial score (nSPS) is 14.3. The summed E-state index contributed by atoms with van der Waals surface area (Å²) in [7, 11) is 0. The van der Waals surface area contributed by atoms with Crippen molar-refractivity contribution in [1.29, 1.82) is 0 Å². The fraction of sp³-hybridized carbons (Fsp3) is 0.824. The molecule has 0 aromatic carbocycles. The molecule has 122 valence electrons. The van der Waals surface area contributed by atoms with E-state index in [1.54, 1.807) is 0 Å². The molecule has 0 fully saturated rings. The standard InChI is InChI=1S/C17H32BrN3/c1-5-9-10-14(8-4)16(19-11-6-2)17-15(18)13-20-21(17)12-7-3/h13-14,16,19H,5-12H2,1-4H3. The molecule has 1 aromatic heterocycles. The third-order valence-corrected chi connectivity index (χ3v) is 4.71. The Labute approximate surface area is 139 Å². The summed E-state index contributed by atoms with van der Waals surface area (Å²) >= 11 is 3.72. The molecular weight excluding hydrogens is 326 g/mol. The molecule has 3 nitrogen and oxygen atoms in total. The van der Waals surface area contributed by atoms with Gasteiger partial charge < -0.3 is 5.32 Å². The SMILES string of the molecule is CCCCC(CC)C(NCCC)c1c(Br)cnn1CCC. The number of nitrogens with one attached hydrogen (secondary N) is 1. The average molecular weight is 358 g/mol. The summed E-state index contributed by atoms with van der Waals surface area (Å²) in [5.41, 5.74) is 1.34. The van der Waals surface area contributed by atoms with Crippen LogP contribution in [0.5, 0.6) is 0 Å².